The Balaban J connectivity index is 1.38. The molecule has 3 aromatic carbocycles. The van der Waals surface area contributed by atoms with E-state index in [1.165, 1.54) is 22.0 Å². The molecule has 6 nitrogen and oxygen atoms in total. The second-order valence-corrected chi connectivity index (χ2v) is 10.8. The number of hydrogen-bond acceptors (Lipinski definition) is 4. The Bertz CT molecular complexity index is 1400. The molecule has 0 radical (unpaired) electrons. The van der Waals surface area contributed by atoms with Crippen molar-refractivity contribution in [3.05, 3.63) is 88.2 Å². The van der Waals surface area contributed by atoms with Crippen molar-refractivity contribution >= 4 is 21.7 Å². The summed E-state index contributed by atoms with van der Waals surface area (Å²) in [4.78, 5) is 11.1. The van der Waals surface area contributed by atoms with Gasteiger partial charge in [0.05, 0.1) is 10.6 Å². The van der Waals surface area contributed by atoms with Crippen molar-refractivity contribution < 1.29 is 27.4 Å². The Morgan fingerprint density at radius 2 is 1.80 bits per heavy atom. The topological polar surface area (TPSA) is 83.9 Å². The van der Waals surface area contributed by atoms with Crippen LogP contribution in [0.15, 0.2) is 59.5 Å². The minimum Gasteiger partial charge on any atom is -0.489 e. The number of carboxylic acids is 1. The average Bonchev–Trinajstić information content (AvgIpc) is 3.49. The molecule has 1 aliphatic carbocycles. The quantitative estimate of drug-likeness (QED) is 0.491. The van der Waals surface area contributed by atoms with Gasteiger partial charge in [-0.1, -0.05) is 30.3 Å². The standard InChI is InChI=1S/C27H26FNO5S/c28-25-16-23(10-7-19(25)9-12-26(30)31)34-17-22-6-2-4-20-13-14-29(27(20)22)35(32,33)24-11-8-18-3-1-5-21(18)15-24/h2,4,6-8,10-11,15-16H,1,3,5,9,12-14,17H2,(H,30,31). The van der Waals surface area contributed by atoms with Crippen LogP contribution >= 0.6 is 0 Å². The zero-order valence-corrected chi connectivity index (χ0v) is 20.0. The van der Waals surface area contributed by atoms with Gasteiger partial charge >= 0.3 is 5.97 Å². The van der Waals surface area contributed by atoms with E-state index in [-0.39, 0.29) is 19.4 Å². The lowest BCUT2D eigenvalue weighted by atomic mass is 10.1. The molecule has 5 rings (SSSR count). The number of fused-ring (bicyclic) bond motifs is 2. The molecule has 8 heteroatoms. The smallest absolute Gasteiger partial charge is 0.303 e. The van der Waals surface area contributed by atoms with E-state index in [0.29, 0.717) is 40.4 Å². The Labute approximate surface area is 204 Å². The molecule has 2 aliphatic rings. The molecule has 3 aromatic rings. The number of para-hydroxylation sites is 1. The molecular weight excluding hydrogens is 469 g/mol. The highest BCUT2D eigenvalue weighted by atomic mass is 32.2. The third-order valence-corrected chi connectivity index (χ3v) is 8.52. The minimum absolute atomic E-state index is 0.0767. The predicted molar refractivity (Wildman–Crippen MR) is 130 cm³/mol. The highest BCUT2D eigenvalue weighted by Gasteiger charge is 2.33. The van der Waals surface area contributed by atoms with Gasteiger partial charge in [0, 0.05) is 24.6 Å². The zero-order chi connectivity index (χ0) is 24.6. The molecule has 0 saturated heterocycles. The molecule has 0 fully saturated rings. The van der Waals surface area contributed by atoms with E-state index in [1.54, 1.807) is 12.1 Å². The number of anilines is 1. The van der Waals surface area contributed by atoms with Crippen LogP contribution in [0.4, 0.5) is 10.1 Å². The SMILES string of the molecule is O=C(O)CCc1ccc(OCc2cccc3c2N(S(=O)(=O)c2ccc4c(c2)CCC4)CC3)cc1F. The summed E-state index contributed by atoms with van der Waals surface area (Å²) in [6, 6.07) is 15.4. The molecule has 0 amide bonds. The molecule has 1 aliphatic heterocycles. The number of hydrogen-bond donors (Lipinski definition) is 1. The first kappa shape index (κ1) is 23.4. The summed E-state index contributed by atoms with van der Waals surface area (Å²) in [6.45, 7) is 0.436. The Morgan fingerprint density at radius 1 is 0.971 bits per heavy atom. The van der Waals surface area contributed by atoms with Crippen LogP contribution in [0, 0.1) is 5.82 Å². The maximum Gasteiger partial charge on any atom is 0.303 e. The van der Waals surface area contributed by atoms with Crippen LogP contribution in [0.25, 0.3) is 0 Å². The fourth-order valence-electron chi connectivity index (χ4n) is 4.92. The Hall–Kier alpha value is -3.39. The number of rotatable bonds is 8. The molecule has 1 heterocycles. The van der Waals surface area contributed by atoms with Crippen LogP contribution in [0.1, 0.15) is 40.7 Å². The van der Waals surface area contributed by atoms with Gasteiger partial charge in [-0.25, -0.2) is 12.8 Å². The predicted octanol–water partition coefficient (Wildman–Crippen LogP) is 4.66. The summed E-state index contributed by atoms with van der Waals surface area (Å²) >= 11 is 0. The van der Waals surface area contributed by atoms with Gasteiger partial charge in [-0.15, -0.1) is 0 Å². The van der Waals surface area contributed by atoms with E-state index in [9.17, 15) is 17.6 Å². The van der Waals surface area contributed by atoms with Gasteiger partial charge in [-0.05, 0) is 72.6 Å². The summed E-state index contributed by atoms with van der Waals surface area (Å²) < 4.78 is 48.9. The highest BCUT2D eigenvalue weighted by Crippen LogP contribution is 2.37. The van der Waals surface area contributed by atoms with E-state index in [0.717, 1.165) is 30.4 Å². The number of carbonyl (C=O) groups is 1. The molecule has 0 spiro atoms. The van der Waals surface area contributed by atoms with Gasteiger partial charge in [-0.2, -0.15) is 0 Å². The summed E-state index contributed by atoms with van der Waals surface area (Å²) in [6.07, 6.45) is 3.50. The van der Waals surface area contributed by atoms with Crippen molar-refractivity contribution in [2.24, 2.45) is 0 Å². The molecule has 0 aromatic heterocycles. The first-order valence-corrected chi connectivity index (χ1v) is 13.2. The molecule has 1 N–H and O–H groups in total. The maximum atomic E-state index is 14.4. The lowest BCUT2D eigenvalue weighted by molar-refractivity contribution is -0.136. The van der Waals surface area contributed by atoms with Gasteiger partial charge < -0.3 is 9.84 Å². The van der Waals surface area contributed by atoms with Crippen molar-refractivity contribution in [1.29, 1.82) is 0 Å². The molecular formula is C27H26FNO5S. The lowest BCUT2D eigenvalue weighted by Gasteiger charge is -2.23. The van der Waals surface area contributed by atoms with Crippen LogP contribution in [-0.2, 0) is 47.1 Å². The molecule has 0 bridgehead atoms. The van der Waals surface area contributed by atoms with Crippen molar-refractivity contribution in [2.75, 3.05) is 10.8 Å². The Kier molecular flexibility index (Phi) is 6.23. The summed E-state index contributed by atoms with van der Waals surface area (Å²) in [5.41, 5.74) is 4.92. The minimum atomic E-state index is -3.74. The van der Waals surface area contributed by atoms with E-state index in [2.05, 4.69) is 0 Å². The first-order valence-electron chi connectivity index (χ1n) is 11.7. The molecule has 182 valence electrons. The van der Waals surface area contributed by atoms with Crippen molar-refractivity contribution in [3.8, 4) is 5.75 Å². The number of ether oxygens (including phenoxy) is 1. The van der Waals surface area contributed by atoms with Crippen molar-refractivity contribution in [3.63, 3.8) is 0 Å². The Morgan fingerprint density at radius 3 is 2.60 bits per heavy atom. The number of benzene rings is 3. The largest absolute Gasteiger partial charge is 0.489 e. The first-order chi connectivity index (χ1) is 16.8. The fourth-order valence-corrected chi connectivity index (χ4v) is 6.51. The number of nitrogens with zero attached hydrogens (tertiary/aromatic N) is 1. The summed E-state index contributed by atoms with van der Waals surface area (Å²) in [5.74, 6) is -1.21. The number of aliphatic carboxylic acids is 1. The zero-order valence-electron chi connectivity index (χ0n) is 19.2. The maximum absolute atomic E-state index is 14.4. The van der Waals surface area contributed by atoms with Crippen LogP contribution < -0.4 is 9.04 Å². The van der Waals surface area contributed by atoms with Gasteiger partial charge in [0.15, 0.2) is 0 Å². The van der Waals surface area contributed by atoms with Crippen molar-refractivity contribution in [1.82, 2.24) is 0 Å². The van der Waals surface area contributed by atoms with E-state index in [4.69, 9.17) is 9.84 Å². The molecule has 35 heavy (non-hydrogen) atoms. The number of aryl methyl sites for hydroxylation is 3. The highest BCUT2D eigenvalue weighted by molar-refractivity contribution is 7.92. The second-order valence-electron chi connectivity index (χ2n) is 8.97. The number of sulfonamides is 1. The number of carboxylic acid groups (broad SMARTS) is 1. The third kappa shape index (κ3) is 4.62. The number of halogens is 1. The van der Waals surface area contributed by atoms with E-state index in [1.807, 2.05) is 30.3 Å². The van der Waals surface area contributed by atoms with Gasteiger partial charge in [0.2, 0.25) is 0 Å². The van der Waals surface area contributed by atoms with Gasteiger partial charge in [0.1, 0.15) is 18.2 Å². The average molecular weight is 496 g/mol. The monoisotopic (exact) mass is 495 g/mol. The summed E-state index contributed by atoms with van der Waals surface area (Å²) in [5, 5.41) is 8.81. The lowest BCUT2D eigenvalue weighted by Crippen LogP contribution is -2.30. The van der Waals surface area contributed by atoms with E-state index < -0.39 is 21.8 Å². The fraction of sp³-hybridized carbons (Fsp3) is 0.296. The van der Waals surface area contributed by atoms with Crippen LogP contribution in [0.3, 0.4) is 0 Å². The van der Waals surface area contributed by atoms with Gasteiger partial charge in [-0.3, -0.25) is 9.10 Å². The van der Waals surface area contributed by atoms with Crippen LogP contribution in [-0.4, -0.2) is 26.0 Å². The van der Waals surface area contributed by atoms with Crippen LogP contribution in [0.5, 0.6) is 5.75 Å². The van der Waals surface area contributed by atoms with Crippen LogP contribution in [0.2, 0.25) is 0 Å². The van der Waals surface area contributed by atoms with Gasteiger partial charge in [0.25, 0.3) is 10.0 Å². The molecule has 0 unspecified atom stereocenters. The second kappa shape index (κ2) is 9.34. The normalized spacial score (nSPS) is 14.6. The summed E-state index contributed by atoms with van der Waals surface area (Å²) in [7, 11) is -3.74. The van der Waals surface area contributed by atoms with E-state index >= 15 is 0 Å². The molecule has 0 atom stereocenters. The molecule has 0 saturated carbocycles. The van der Waals surface area contributed by atoms with Crippen molar-refractivity contribution in [2.45, 2.75) is 50.0 Å². The third-order valence-electron chi connectivity index (χ3n) is 6.72.